The van der Waals surface area contributed by atoms with Crippen molar-refractivity contribution in [1.29, 1.82) is 0 Å². The van der Waals surface area contributed by atoms with Crippen LogP contribution in [0.4, 0.5) is 0 Å². The van der Waals surface area contributed by atoms with Crippen LogP contribution in [0, 0.1) is 4.91 Å². The Kier molecular flexibility index (Phi) is 3.74. The van der Waals surface area contributed by atoms with Gasteiger partial charge in [0.1, 0.15) is 12.8 Å². The number of carbonyl (C=O) groups excluding carboxylic acids is 1. The number of β-amino-alcohol motifs (C(OH)–C–C–N with tert-alkyl or cyclic N) is 1. The van der Waals surface area contributed by atoms with Crippen LogP contribution < -0.4 is 11.1 Å². The summed E-state index contributed by atoms with van der Waals surface area (Å²) in [6.45, 7) is 1.02. The van der Waals surface area contributed by atoms with Crippen molar-refractivity contribution >= 4 is 5.91 Å². The molecule has 80 valence electrons. The van der Waals surface area contributed by atoms with Gasteiger partial charge in [0.2, 0.25) is 5.91 Å². The number of amides is 1. The zero-order chi connectivity index (χ0) is 10.6. The zero-order valence-corrected chi connectivity index (χ0v) is 7.59. The molecule has 0 saturated carbocycles. The van der Waals surface area contributed by atoms with Gasteiger partial charge in [-0.1, -0.05) is 0 Å². The maximum Gasteiger partial charge on any atom is 0.240 e. The first-order valence-corrected chi connectivity index (χ1v) is 4.19. The second kappa shape index (κ2) is 4.84. The Morgan fingerprint density at radius 1 is 1.79 bits per heavy atom. The van der Waals surface area contributed by atoms with Gasteiger partial charge in [0.05, 0.1) is 5.29 Å². The normalized spacial score (nSPS) is 23.1. The van der Waals surface area contributed by atoms with Gasteiger partial charge >= 0.3 is 0 Å². The predicted molar refractivity (Wildman–Crippen MR) is 47.3 cm³/mol. The summed E-state index contributed by atoms with van der Waals surface area (Å²) in [5, 5.41) is 17.1. The summed E-state index contributed by atoms with van der Waals surface area (Å²) < 4.78 is 0. The Bertz CT molecular complexity index is 224. The molecule has 1 rings (SSSR count). The fourth-order valence-electron chi connectivity index (χ4n) is 1.25. The Balaban J connectivity index is 2.57. The molecule has 1 aliphatic rings. The van der Waals surface area contributed by atoms with Crippen LogP contribution >= 0.6 is 0 Å². The van der Waals surface area contributed by atoms with Crippen LogP contribution in [-0.4, -0.2) is 53.5 Å². The van der Waals surface area contributed by atoms with Crippen molar-refractivity contribution in [2.75, 3.05) is 26.2 Å². The number of primary amides is 1. The molecule has 0 spiro atoms. The molecule has 1 aliphatic heterocycles. The first-order chi connectivity index (χ1) is 6.65. The van der Waals surface area contributed by atoms with Gasteiger partial charge in [-0.05, 0) is 0 Å². The number of hydrogen-bond acceptors (Lipinski definition) is 6. The van der Waals surface area contributed by atoms with Crippen molar-refractivity contribution in [3.63, 3.8) is 0 Å². The summed E-state index contributed by atoms with van der Waals surface area (Å²) >= 11 is 0. The Hall–Kier alpha value is -1.25. The molecule has 0 aromatic heterocycles. The lowest BCUT2D eigenvalue weighted by Gasteiger charge is -2.36. The minimum atomic E-state index is -0.860. The van der Waals surface area contributed by atoms with Gasteiger partial charge in [0, 0.05) is 19.6 Å². The third kappa shape index (κ3) is 2.62. The number of rotatable bonds is 4. The van der Waals surface area contributed by atoms with Gasteiger partial charge < -0.3 is 16.2 Å². The zero-order valence-electron chi connectivity index (χ0n) is 7.59. The lowest BCUT2D eigenvalue weighted by atomic mass is 10.4. The Labute approximate surface area is 80.6 Å². The molecule has 1 unspecified atom stereocenters. The SMILES string of the molecule is NC(=O)CN(N=O)N1CCNCC1O. The largest absolute Gasteiger partial charge is 0.375 e. The van der Waals surface area contributed by atoms with E-state index >= 15 is 0 Å². The molecule has 4 N–H and O–H groups in total. The van der Waals surface area contributed by atoms with E-state index in [1.807, 2.05) is 0 Å². The average Bonchev–Trinajstić information content (AvgIpc) is 2.15. The number of hydrazine groups is 1. The van der Waals surface area contributed by atoms with E-state index in [1.54, 1.807) is 0 Å². The van der Waals surface area contributed by atoms with Crippen LogP contribution in [-0.2, 0) is 4.79 Å². The van der Waals surface area contributed by atoms with Crippen molar-refractivity contribution in [3.05, 3.63) is 4.91 Å². The molecular weight excluding hydrogens is 190 g/mol. The minimum absolute atomic E-state index is 0.319. The highest BCUT2D eigenvalue weighted by atomic mass is 16.3. The maximum atomic E-state index is 10.6. The van der Waals surface area contributed by atoms with E-state index < -0.39 is 12.1 Å². The Morgan fingerprint density at radius 2 is 2.50 bits per heavy atom. The summed E-state index contributed by atoms with van der Waals surface area (Å²) in [5.74, 6) is -0.671. The second-order valence-electron chi connectivity index (χ2n) is 2.93. The summed E-state index contributed by atoms with van der Waals surface area (Å²) in [7, 11) is 0. The summed E-state index contributed by atoms with van der Waals surface area (Å²) in [5.41, 5.74) is 4.92. The highest BCUT2D eigenvalue weighted by molar-refractivity contribution is 5.75. The second-order valence-corrected chi connectivity index (χ2v) is 2.93. The van der Waals surface area contributed by atoms with Crippen LogP contribution in [0.5, 0.6) is 0 Å². The number of piperazine rings is 1. The molecule has 0 aromatic rings. The molecule has 8 heteroatoms. The van der Waals surface area contributed by atoms with Gasteiger partial charge in [-0.3, -0.25) is 4.79 Å². The van der Waals surface area contributed by atoms with E-state index in [2.05, 4.69) is 10.6 Å². The van der Waals surface area contributed by atoms with Crippen molar-refractivity contribution in [2.24, 2.45) is 11.0 Å². The van der Waals surface area contributed by atoms with Crippen LogP contribution in [0.15, 0.2) is 5.29 Å². The quantitative estimate of drug-likeness (QED) is 0.347. The molecule has 0 aromatic carbocycles. The van der Waals surface area contributed by atoms with Crippen LogP contribution in [0.3, 0.4) is 0 Å². The Morgan fingerprint density at radius 3 is 3.00 bits per heavy atom. The van der Waals surface area contributed by atoms with Crippen molar-refractivity contribution < 1.29 is 9.90 Å². The lowest BCUT2D eigenvalue weighted by molar-refractivity contribution is -0.157. The van der Waals surface area contributed by atoms with Crippen molar-refractivity contribution in [3.8, 4) is 0 Å². The van der Waals surface area contributed by atoms with E-state index in [9.17, 15) is 14.8 Å². The summed E-state index contributed by atoms with van der Waals surface area (Å²) in [6.07, 6.45) is -0.860. The van der Waals surface area contributed by atoms with E-state index in [4.69, 9.17) is 5.73 Å². The number of carbonyl (C=O) groups is 1. The summed E-state index contributed by atoms with van der Waals surface area (Å²) in [6, 6.07) is 0. The molecule has 1 saturated heterocycles. The third-order valence-corrected chi connectivity index (χ3v) is 1.88. The van der Waals surface area contributed by atoms with Gasteiger partial charge in [-0.25, -0.2) is 0 Å². The molecule has 1 amide bonds. The monoisotopic (exact) mass is 203 g/mol. The van der Waals surface area contributed by atoms with E-state index in [0.717, 1.165) is 5.12 Å². The topological polar surface area (TPSA) is 111 Å². The minimum Gasteiger partial charge on any atom is -0.375 e. The number of nitrogens with one attached hydrogen (secondary N) is 1. The van der Waals surface area contributed by atoms with Crippen molar-refractivity contribution in [1.82, 2.24) is 15.4 Å². The number of nitrogens with two attached hydrogens (primary N) is 1. The van der Waals surface area contributed by atoms with Crippen molar-refractivity contribution in [2.45, 2.75) is 6.23 Å². The number of nitrogens with zero attached hydrogens (tertiary/aromatic N) is 3. The van der Waals surface area contributed by atoms with Gasteiger partial charge in [-0.2, -0.15) is 10.1 Å². The molecule has 1 heterocycles. The fraction of sp³-hybridized carbons (Fsp3) is 0.833. The molecule has 0 radical (unpaired) electrons. The first-order valence-electron chi connectivity index (χ1n) is 4.19. The fourth-order valence-corrected chi connectivity index (χ4v) is 1.25. The standard InChI is InChI=1S/C6H13N5O3/c7-5(12)4-11(9-14)10-2-1-8-3-6(10)13/h6,8,13H,1-4H2,(H2,7,12). The molecule has 1 fully saturated rings. The number of aliphatic hydroxyl groups excluding tert-OH is 1. The average molecular weight is 203 g/mol. The van der Waals surface area contributed by atoms with Gasteiger partial charge in [0.25, 0.3) is 0 Å². The van der Waals surface area contributed by atoms with E-state index in [1.165, 1.54) is 5.01 Å². The lowest BCUT2D eigenvalue weighted by Crippen LogP contribution is -2.58. The smallest absolute Gasteiger partial charge is 0.240 e. The van der Waals surface area contributed by atoms with E-state index in [-0.39, 0.29) is 6.54 Å². The predicted octanol–water partition coefficient (Wildman–Crippen LogP) is -2.41. The molecule has 1 atom stereocenters. The summed E-state index contributed by atoms with van der Waals surface area (Å²) in [4.78, 5) is 21.0. The third-order valence-electron chi connectivity index (χ3n) is 1.88. The van der Waals surface area contributed by atoms with Crippen LogP contribution in [0.25, 0.3) is 0 Å². The molecule has 0 bridgehead atoms. The molecule has 0 aliphatic carbocycles. The number of nitroso groups, excluding NO2 is 1. The maximum absolute atomic E-state index is 10.6. The molecule has 8 nitrogen and oxygen atoms in total. The van der Waals surface area contributed by atoms with Crippen LogP contribution in [0.1, 0.15) is 0 Å². The number of hydrogen-bond donors (Lipinski definition) is 3. The van der Waals surface area contributed by atoms with Gasteiger partial charge in [0.15, 0.2) is 0 Å². The molecular formula is C6H13N5O3. The van der Waals surface area contributed by atoms with Crippen LogP contribution in [0.2, 0.25) is 0 Å². The molecule has 14 heavy (non-hydrogen) atoms. The highest BCUT2D eigenvalue weighted by Gasteiger charge is 2.26. The van der Waals surface area contributed by atoms with E-state index in [0.29, 0.717) is 19.6 Å². The number of aliphatic hydroxyl groups is 1. The van der Waals surface area contributed by atoms with Gasteiger partial charge in [-0.15, -0.1) is 4.91 Å². The first kappa shape index (κ1) is 10.8. The highest BCUT2D eigenvalue weighted by Crippen LogP contribution is 2.05.